The lowest BCUT2D eigenvalue weighted by molar-refractivity contribution is 0.0487. The molecule has 4 rings (SSSR count). The number of rotatable bonds is 4. The van der Waals surface area contributed by atoms with Crippen LogP contribution in [0.5, 0.6) is 0 Å². The number of nitrogens with one attached hydrogen (secondary N) is 1. The molecule has 0 radical (unpaired) electrons. The van der Waals surface area contributed by atoms with E-state index in [0.29, 0.717) is 5.92 Å². The van der Waals surface area contributed by atoms with E-state index in [4.69, 9.17) is 9.72 Å². The number of piperidine rings is 1. The SMILES string of the molecule is CC(NC(=O)OC(C)(C)C)C1CCN(c2nccc(-c3ccc4ccccc4c3)n2)CC1. The van der Waals surface area contributed by atoms with Crippen molar-refractivity contribution in [3.05, 3.63) is 54.7 Å². The van der Waals surface area contributed by atoms with Crippen molar-refractivity contribution in [2.24, 2.45) is 5.92 Å². The second-order valence-corrected chi connectivity index (χ2v) is 9.56. The third-order valence-corrected chi connectivity index (χ3v) is 5.96. The minimum Gasteiger partial charge on any atom is -0.444 e. The zero-order valence-corrected chi connectivity index (χ0v) is 19.3. The molecule has 6 heteroatoms. The molecule has 1 aliphatic heterocycles. The lowest BCUT2D eigenvalue weighted by atomic mass is 9.90. The maximum absolute atomic E-state index is 12.1. The molecule has 32 heavy (non-hydrogen) atoms. The van der Waals surface area contributed by atoms with Gasteiger partial charge in [-0.1, -0.05) is 36.4 Å². The van der Waals surface area contributed by atoms with Gasteiger partial charge in [0.15, 0.2) is 0 Å². The number of alkyl carbamates (subject to hydrolysis) is 1. The monoisotopic (exact) mass is 432 g/mol. The summed E-state index contributed by atoms with van der Waals surface area (Å²) >= 11 is 0. The first-order valence-electron chi connectivity index (χ1n) is 11.4. The molecule has 0 spiro atoms. The first kappa shape index (κ1) is 22.1. The molecule has 1 fully saturated rings. The van der Waals surface area contributed by atoms with Crippen LogP contribution in [0.1, 0.15) is 40.5 Å². The summed E-state index contributed by atoms with van der Waals surface area (Å²) in [6.07, 6.45) is 3.44. The molecular weight excluding hydrogens is 400 g/mol. The molecule has 1 amide bonds. The fourth-order valence-corrected chi connectivity index (χ4v) is 4.22. The topological polar surface area (TPSA) is 67.3 Å². The largest absolute Gasteiger partial charge is 0.444 e. The molecule has 0 saturated carbocycles. The van der Waals surface area contributed by atoms with Gasteiger partial charge < -0.3 is 15.0 Å². The van der Waals surface area contributed by atoms with E-state index in [1.165, 1.54) is 10.8 Å². The van der Waals surface area contributed by atoms with Crippen LogP contribution in [-0.4, -0.2) is 40.8 Å². The molecular formula is C26H32N4O2. The Hall–Kier alpha value is -3.15. The fourth-order valence-electron chi connectivity index (χ4n) is 4.22. The molecule has 1 saturated heterocycles. The number of anilines is 1. The van der Waals surface area contributed by atoms with Gasteiger partial charge in [-0.3, -0.25) is 0 Å². The number of amides is 1. The van der Waals surface area contributed by atoms with E-state index < -0.39 is 5.60 Å². The molecule has 1 N–H and O–H groups in total. The third kappa shape index (κ3) is 5.36. The number of nitrogens with zero attached hydrogens (tertiary/aromatic N) is 3. The predicted octanol–water partition coefficient (Wildman–Crippen LogP) is 5.43. The molecule has 6 nitrogen and oxygen atoms in total. The van der Waals surface area contributed by atoms with E-state index in [-0.39, 0.29) is 12.1 Å². The Morgan fingerprint density at radius 2 is 1.81 bits per heavy atom. The first-order chi connectivity index (χ1) is 15.3. The second-order valence-electron chi connectivity index (χ2n) is 9.56. The van der Waals surface area contributed by atoms with Gasteiger partial charge in [0.05, 0.1) is 5.69 Å². The van der Waals surface area contributed by atoms with Crippen LogP contribution in [0.3, 0.4) is 0 Å². The van der Waals surface area contributed by atoms with Crippen molar-refractivity contribution in [3.8, 4) is 11.3 Å². The van der Waals surface area contributed by atoms with E-state index >= 15 is 0 Å². The van der Waals surface area contributed by atoms with E-state index in [9.17, 15) is 4.79 Å². The maximum atomic E-state index is 12.1. The third-order valence-electron chi connectivity index (χ3n) is 5.96. The van der Waals surface area contributed by atoms with Crippen LogP contribution in [-0.2, 0) is 4.74 Å². The molecule has 0 aliphatic carbocycles. The van der Waals surface area contributed by atoms with Crippen LogP contribution >= 0.6 is 0 Å². The van der Waals surface area contributed by atoms with Gasteiger partial charge >= 0.3 is 6.09 Å². The second kappa shape index (κ2) is 9.15. The van der Waals surface area contributed by atoms with Gasteiger partial charge in [0, 0.05) is 30.9 Å². The smallest absolute Gasteiger partial charge is 0.407 e. The summed E-state index contributed by atoms with van der Waals surface area (Å²) in [5, 5.41) is 5.42. The van der Waals surface area contributed by atoms with Gasteiger partial charge in [-0.15, -0.1) is 0 Å². The van der Waals surface area contributed by atoms with Crippen LogP contribution in [0, 0.1) is 5.92 Å². The van der Waals surface area contributed by atoms with Gasteiger partial charge in [0.1, 0.15) is 5.60 Å². The lowest BCUT2D eigenvalue weighted by Crippen LogP contribution is -2.45. The summed E-state index contributed by atoms with van der Waals surface area (Å²) in [7, 11) is 0. The number of aromatic nitrogens is 2. The fraction of sp³-hybridized carbons (Fsp3) is 0.423. The Labute approximate surface area is 190 Å². The summed E-state index contributed by atoms with van der Waals surface area (Å²) in [4.78, 5) is 23.7. The van der Waals surface area contributed by atoms with Crippen molar-refractivity contribution in [3.63, 3.8) is 0 Å². The number of carbonyl (C=O) groups excluding carboxylic acids is 1. The average Bonchev–Trinajstić information content (AvgIpc) is 2.77. The molecule has 0 bridgehead atoms. The molecule has 1 unspecified atom stereocenters. The van der Waals surface area contributed by atoms with Gasteiger partial charge in [-0.2, -0.15) is 0 Å². The van der Waals surface area contributed by atoms with E-state index in [0.717, 1.165) is 43.1 Å². The highest BCUT2D eigenvalue weighted by Crippen LogP contribution is 2.27. The van der Waals surface area contributed by atoms with Crippen molar-refractivity contribution in [2.45, 2.75) is 52.2 Å². The number of carbonyl (C=O) groups is 1. The Morgan fingerprint density at radius 1 is 1.09 bits per heavy atom. The predicted molar refractivity (Wildman–Crippen MR) is 129 cm³/mol. The maximum Gasteiger partial charge on any atom is 0.407 e. The minimum absolute atomic E-state index is 0.0665. The zero-order chi connectivity index (χ0) is 22.7. The van der Waals surface area contributed by atoms with E-state index in [1.807, 2.05) is 33.0 Å². The van der Waals surface area contributed by atoms with Crippen molar-refractivity contribution in [2.75, 3.05) is 18.0 Å². The first-order valence-corrected chi connectivity index (χ1v) is 11.4. The molecule has 3 aromatic rings. The molecule has 1 atom stereocenters. The highest BCUT2D eigenvalue weighted by Gasteiger charge is 2.27. The normalized spacial score (nSPS) is 16.1. The van der Waals surface area contributed by atoms with Crippen molar-refractivity contribution >= 4 is 22.8 Å². The molecule has 1 aromatic heterocycles. The molecule has 1 aliphatic rings. The van der Waals surface area contributed by atoms with Crippen LogP contribution < -0.4 is 10.2 Å². The van der Waals surface area contributed by atoms with Crippen molar-refractivity contribution < 1.29 is 9.53 Å². The van der Waals surface area contributed by atoms with Crippen LogP contribution in [0.4, 0.5) is 10.7 Å². The highest BCUT2D eigenvalue weighted by molar-refractivity contribution is 5.86. The Bertz CT molecular complexity index is 1080. The summed E-state index contributed by atoms with van der Waals surface area (Å²) in [5.74, 6) is 1.17. The van der Waals surface area contributed by atoms with Gasteiger partial charge in [-0.25, -0.2) is 14.8 Å². The molecule has 2 aromatic carbocycles. The van der Waals surface area contributed by atoms with Crippen molar-refractivity contribution in [1.29, 1.82) is 0 Å². The van der Waals surface area contributed by atoms with E-state index in [1.54, 1.807) is 0 Å². The number of fused-ring (bicyclic) bond motifs is 1. The number of hydrogen-bond donors (Lipinski definition) is 1. The van der Waals surface area contributed by atoms with Crippen LogP contribution in [0.25, 0.3) is 22.0 Å². The summed E-state index contributed by atoms with van der Waals surface area (Å²) < 4.78 is 5.39. The minimum atomic E-state index is -0.486. The average molecular weight is 433 g/mol. The quantitative estimate of drug-likeness (QED) is 0.596. The lowest BCUT2D eigenvalue weighted by Gasteiger charge is -2.35. The van der Waals surface area contributed by atoms with E-state index in [2.05, 4.69) is 64.6 Å². The highest BCUT2D eigenvalue weighted by atomic mass is 16.6. The Balaban J connectivity index is 1.39. The van der Waals surface area contributed by atoms with Crippen molar-refractivity contribution in [1.82, 2.24) is 15.3 Å². The molecule has 2 heterocycles. The summed E-state index contributed by atoms with van der Waals surface area (Å²) in [5.41, 5.74) is 1.54. The van der Waals surface area contributed by atoms with Gasteiger partial charge in [-0.05, 0) is 69.4 Å². The Morgan fingerprint density at radius 3 is 2.53 bits per heavy atom. The summed E-state index contributed by atoms with van der Waals surface area (Å²) in [6, 6.07) is 16.8. The molecule has 168 valence electrons. The Kier molecular flexibility index (Phi) is 6.31. The standard InChI is InChI=1S/C26H32N4O2/c1-18(28-25(31)32-26(2,3)4)19-12-15-30(16-13-19)24-27-14-11-23(29-24)22-10-9-20-7-5-6-8-21(20)17-22/h5-11,14,17-19H,12-13,15-16H2,1-4H3,(H,28,31). The zero-order valence-electron chi connectivity index (χ0n) is 19.3. The summed E-state index contributed by atoms with van der Waals surface area (Å²) in [6.45, 7) is 9.42. The van der Waals surface area contributed by atoms with Crippen LogP contribution in [0.2, 0.25) is 0 Å². The number of ether oxygens (including phenoxy) is 1. The van der Waals surface area contributed by atoms with Gasteiger partial charge in [0.25, 0.3) is 0 Å². The number of benzene rings is 2. The number of hydrogen-bond acceptors (Lipinski definition) is 5. The van der Waals surface area contributed by atoms with Gasteiger partial charge in [0.2, 0.25) is 5.95 Å². The van der Waals surface area contributed by atoms with Crippen LogP contribution in [0.15, 0.2) is 54.7 Å².